The predicted octanol–water partition coefficient (Wildman–Crippen LogP) is 0.0324. The lowest BCUT2D eigenvalue weighted by Crippen LogP contribution is -2.28. The molecule has 0 aromatic carbocycles. The monoisotopic (exact) mass is 188 g/mol. The fourth-order valence-corrected chi connectivity index (χ4v) is 1.22. The van der Waals surface area contributed by atoms with Crippen molar-refractivity contribution >= 4 is 12.2 Å². The first-order valence-corrected chi connectivity index (χ1v) is 4.16. The van der Waals surface area contributed by atoms with Crippen molar-refractivity contribution in [2.24, 2.45) is 0 Å². The average molecular weight is 188 g/mol. The molecule has 0 atom stereocenters. The lowest BCUT2D eigenvalue weighted by molar-refractivity contribution is 0.425. The summed E-state index contributed by atoms with van der Waals surface area (Å²) in [6, 6.07) is 1.06. The second-order valence-electron chi connectivity index (χ2n) is 2.83. The van der Waals surface area contributed by atoms with Gasteiger partial charge in [-0.2, -0.15) is 0 Å². The van der Waals surface area contributed by atoms with Crippen LogP contribution in [-0.2, 0) is 0 Å². The van der Waals surface area contributed by atoms with Crippen LogP contribution in [0.15, 0.2) is 39.6 Å². The molecule has 0 saturated carbocycles. The molecule has 1 aromatic rings. The van der Waals surface area contributed by atoms with E-state index in [4.69, 9.17) is 4.42 Å². The zero-order chi connectivity index (χ0) is 9.97. The molecule has 3 nitrogen and oxygen atoms in total. The molecule has 0 fully saturated rings. The molecular formula is C11H8O3. The second kappa shape index (κ2) is 3.38. The molecule has 70 valence electrons. The van der Waals surface area contributed by atoms with Crippen LogP contribution in [0.1, 0.15) is 0 Å². The van der Waals surface area contributed by atoms with Crippen LogP contribution in [-0.4, -0.2) is 5.11 Å². The highest BCUT2D eigenvalue weighted by Gasteiger charge is 1.98. The van der Waals surface area contributed by atoms with Crippen LogP contribution in [0.5, 0.6) is 5.75 Å². The third kappa shape index (κ3) is 1.52. The molecule has 0 unspecified atom stereocenters. The topological polar surface area (TPSA) is 50.4 Å². The van der Waals surface area contributed by atoms with E-state index < -0.39 is 5.63 Å². The van der Waals surface area contributed by atoms with Crippen molar-refractivity contribution in [3.05, 3.63) is 51.4 Å². The fourth-order valence-electron chi connectivity index (χ4n) is 1.22. The van der Waals surface area contributed by atoms with Gasteiger partial charge in [0, 0.05) is 0 Å². The second-order valence-corrected chi connectivity index (χ2v) is 2.83. The van der Waals surface area contributed by atoms with Gasteiger partial charge < -0.3 is 9.52 Å². The summed E-state index contributed by atoms with van der Waals surface area (Å²) in [5, 5.41) is 10.0. The normalized spacial score (nSPS) is 22.9. The van der Waals surface area contributed by atoms with Gasteiger partial charge in [0.2, 0.25) is 0 Å². The maximum atomic E-state index is 11.0. The Morgan fingerprint density at radius 1 is 1.07 bits per heavy atom. The molecule has 1 aliphatic carbocycles. The Morgan fingerprint density at radius 3 is 2.57 bits per heavy atom. The standard InChI is InChI=1S/C11H8O3/c12-9-7-11(13)14-10-6-4-2-1-3-5-8(9)10/h1-7,12H/b2-1?,3-1-,4-2-,5-3?,6-4?,8-5-,10-6+. The molecule has 14 heavy (non-hydrogen) atoms. The first-order chi connectivity index (χ1) is 6.77. The van der Waals surface area contributed by atoms with Crippen LogP contribution in [0.4, 0.5) is 0 Å². The summed E-state index contributed by atoms with van der Waals surface area (Å²) < 4.78 is 4.93. The molecule has 0 bridgehead atoms. The molecule has 1 aliphatic rings. The van der Waals surface area contributed by atoms with Crippen molar-refractivity contribution < 1.29 is 9.52 Å². The molecular weight excluding hydrogens is 180 g/mol. The summed E-state index contributed by atoms with van der Waals surface area (Å²) in [4.78, 5) is 11.0. The first-order valence-electron chi connectivity index (χ1n) is 4.16. The van der Waals surface area contributed by atoms with E-state index in [0.29, 0.717) is 10.6 Å². The smallest absolute Gasteiger partial charge is 0.339 e. The Kier molecular flexibility index (Phi) is 2.07. The molecule has 3 heteroatoms. The van der Waals surface area contributed by atoms with Gasteiger partial charge in [-0.05, 0) is 12.2 Å². The predicted molar refractivity (Wildman–Crippen MR) is 53.1 cm³/mol. The summed E-state index contributed by atoms with van der Waals surface area (Å²) in [6.45, 7) is 0. The van der Waals surface area contributed by atoms with Crippen LogP contribution >= 0.6 is 0 Å². The van der Waals surface area contributed by atoms with Crippen molar-refractivity contribution in [2.75, 3.05) is 0 Å². The van der Waals surface area contributed by atoms with E-state index in [9.17, 15) is 9.90 Å². The molecule has 1 N–H and O–H groups in total. The van der Waals surface area contributed by atoms with Crippen molar-refractivity contribution in [3.63, 3.8) is 0 Å². The van der Waals surface area contributed by atoms with Crippen LogP contribution < -0.4 is 16.3 Å². The molecule has 0 radical (unpaired) electrons. The first kappa shape index (κ1) is 8.56. The van der Waals surface area contributed by atoms with Crippen LogP contribution in [0.25, 0.3) is 12.2 Å². The van der Waals surface area contributed by atoms with Gasteiger partial charge >= 0.3 is 5.63 Å². The van der Waals surface area contributed by atoms with Gasteiger partial charge in [-0.25, -0.2) is 4.79 Å². The molecule has 0 amide bonds. The van der Waals surface area contributed by atoms with Gasteiger partial charge in [0.25, 0.3) is 0 Å². The Hall–Kier alpha value is -2.03. The number of fused-ring (bicyclic) bond motifs is 1. The van der Waals surface area contributed by atoms with Crippen LogP contribution in [0.3, 0.4) is 0 Å². The minimum absolute atomic E-state index is 0.0625. The third-order valence-electron chi connectivity index (χ3n) is 1.85. The zero-order valence-corrected chi connectivity index (χ0v) is 7.31. The highest BCUT2D eigenvalue weighted by molar-refractivity contribution is 5.48. The van der Waals surface area contributed by atoms with Crippen LogP contribution in [0.2, 0.25) is 0 Å². The Morgan fingerprint density at radius 2 is 1.79 bits per heavy atom. The minimum Gasteiger partial charge on any atom is -0.507 e. The van der Waals surface area contributed by atoms with E-state index in [2.05, 4.69) is 0 Å². The number of aromatic hydroxyl groups is 1. The van der Waals surface area contributed by atoms with Crippen molar-refractivity contribution in [1.29, 1.82) is 0 Å². The highest BCUT2D eigenvalue weighted by atomic mass is 16.4. The lowest BCUT2D eigenvalue weighted by atomic mass is 10.2. The molecule has 0 spiro atoms. The maximum absolute atomic E-state index is 11.0. The minimum atomic E-state index is -0.552. The van der Waals surface area contributed by atoms with Crippen LogP contribution in [0, 0.1) is 0 Å². The summed E-state index contributed by atoms with van der Waals surface area (Å²) in [5.41, 5.74) is -0.181. The quantitative estimate of drug-likeness (QED) is 0.625. The summed E-state index contributed by atoms with van der Waals surface area (Å²) in [7, 11) is 0. The van der Waals surface area contributed by atoms with Crippen molar-refractivity contribution in [1.82, 2.24) is 0 Å². The zero-order valence-electron chi connectivity index (χ0n) is 7.31. The van der Waals surface area contributed by atoms with E-state index >= 15 is 0 Å². The van der Waals surface area contributed by atoms with Crippen molar-refractivity contribution in [2.45, 2.75) is 0 Å². The Balaban J connectivity index is 2.94. The highest BCUT2D eigenvalue weighted by Crippen LogP contribution is 1.92. The molecule has 1 aromatic heterocycles. The number of rotatable bonds is 0. The average Bonchev–Trinajstić information content (AvgIpc) is 2.07. The third-order valence-corrected chi connectivity index (χ3v) is 1.85. The summed E-state index contributed by atoms with van der Waals surface area (Å²) >= 11 is 0. The lowest BCUT2D eigenvalue weighted by Gasteiger charge is -1.93. The van der Waals surface area contributed by atoms with Gasteiger partial charge in [0.15, 0.2) is 0 Å². The summed E-state index contributed by atoms with van der Waals surface area (Å²) in [5.74, 6) is -0.0625. The molecule has 0 saturated heterocycles. The van der Waals surface area contributed by atoms with E-state index in [1.165, 1.54) is 0 Å². The fraction of sp³-hybridized carbons (Fsp3) is 0. The van der Waals surface area contributed by atoms with E-state index in [1.807, 2.05) is 12.2 Å². The molecule has 2 rings (SSSR count). The van der Waals surface area contributed by atoms with Gasteiger partial charge in [-0.3, -0.25) is 0 Å². The van der Waals surface area contributed by atoms with E-state index in [1.54, 1.807) is 24.3 Å². The largest absolute Gasteiger partial charge is 0.507 e. The van der Waals surface area contributed by atoms with E-state index in [-0.39, 0.29) is 5.75 Å². The SMILES string of the molecule is O=c1cc(O)c2/c(o1)=C\C=C/C=C\C=2. The van der Waals surface area contributed by atoms with Crippen molar-refractivity contribution in [3.8, 4) is 5.75 Å². The number of allylic oxidation sites excluding steroid dienone is 4. The Bertz CT molecular complexity index is 574. The molecule has 0 aliphatic heterocycles. The maximum Gasteiger partial charge on any atom is 0.339 e. The number of hydrogen-bond donors (Lipinski definition) is 1. The number of hydrogen-bond acceptors (Lipinski definition) is 3. The van der Waals surface area contributed by atoms with E-state index in [0.717, 1.165) is 6.07 Å². The molecule has 1 heterocycles. The Labute approximate surface area is 79.6 Å². The van der Waals surface area contributed by atoms with Gasteiger partial charge in [-0.15, -0.1) is 0 Å². The van der Waals surface area contributed by atoms with Gasteiger partial charge in [0.1, 0.15) is 11.2 Å². The van der Waals surface area contributed by atoms with Gasteiger partial charge in [-0.1, -0.05) is 24.3 Å². The summed E-state index contributed by atoms with van der Waals surface area (Å²) in [6.07, 6.45) is 10.5. The van der Waals surface area contributed by atoms with Gasteiger partial charge in [0.05, 0.1) is 11.3 Å².